The van der Waals surface area contributed by atoms with Gasteiger partial charge in [-0.15, -0.1) is 6.58 Å². The summed E-state index contributed by atoms with van der Waals surface area (Å²) in [6, 6.07) is 0.162. The van der Waals surface area contributed by atoms with E-state index in [2.05, 4.69) is 37.0 Å². The number of nitrogen functional groups attached to an aromatic ring is 1. The standard InChI is InChI=1S/C10H14N8O/c1-7(2)3-4-19-10-15-8(17-11)14-9(16-10)18-6-12-5-13-18/h5-6H,1,3-4,11H2,2H3,(H,14,15,16,17). The first-order valence-corrected chi connectivity index (χ1v) is 5.54. The zero-order valence-electron chi connectivity index (χ0n) is 10.4. The molecule has 2 heterocycles. The van der Waals surface area contributed by atoms with E-state index in [1.807, 2.05) is 6.92 Å². The van der Waals surface area contributed by atoms with E-state index < -0.39 is 0 Å². The molecule has 19 heavy (non-hydrogen) atoms. The van der Waals surface area contributed by atoms with Gasteiger partial charge in [0.25, 0.3) is 5.95 Å². The molecule has 0 bridgehead atoms. The molecule has 2 rings (SSSR count). The van der Waals surface area contributed by atoms with Crippen LogP contribution in [0.25, 0.3) is 5.95 Å². The van der Waals surface area contributed by atoms with E-state index in [0.717, 1.165) is 12.0 Å². The summed E-state index contributed by atoms with van der Waals surface area (Å²) in [7, 11) is 0. The molecule has 9 nitrogen and oxygen atoms in total. The van der Waals surface area contributed by atoms with Crippen LogP contribution in [0.5, 0.6) is 6.01 Å². The molecule has 2 aromatic heterocycles. The topological polar surface area (TPSA) is 117 Å². The van der Waals surface area contributed by atoms with Crippen molar-refractivity contribution in [2.24, 2.45) is 5.84 Å². The Balaban J connectivity index is 2.19. The number of hydrogen-bond acceptors (Lipinski definition) is 8. The van der Waals surface area contributed by atoms with Gasteiger partial charge in [-0.3, -0.25) is 5.43 Å². The second-order valence-electron chi connectivity index (χ2n) is 3.78. The number of nitrogens with one attached hydrogen (secondary N) is 1. The molecule has 0 fully saturated rings. The van der Waals surface area contributed by atoms with Crippen LogP contribution in [0.4, 0.5) is 5.95 Å². The Morgan fingerprint density at radius 3 is 2.95 bits per heavy atom. The van der Waals surface area contributed by atoms with Gasteiger partial charge in [0.2, 0.25) is 5.95 Å². The van der Waals surface area contributed by atoms with Gasteiger partial charge in [-0.05, 0) is 6.92 Å². The third-order valence-electron chi connectivity index (χ3n) is 2.12. The van der Waals surface area contributed by atoms with Crippen LogP contribution in [0, 0.1) is 0 Å². The van der Waals surface area contributed by atoms with E-state index in [4.69, 9.17) is 10.6 Å². The molecule has 3 N–H and O–H groups in total. The minimum Gasteiger partial charge on any atom is -0.463 e. The molecule has 2 aromatic rings. The summed E-state index contributed by atoms with van der Waals surface area (Å²) in [5.41, 5.74) is 3.36. The SMILES string of the molecule is C=C(C)CCOc1nc(NN)nc(-n2cncn2)n1. The molecule has 0 aromatic carbocycles. The van der Waals surface area contributed by atoms with Crippen molar-refractivity contribution in [3.8, 4) is 12.0 Å². The molecule has 0 atom stereocenters. The van der Waals surface area contributed by atoms with Crippen LogP contribution >= 0.6 is 0 Å². The van der Waals surface area contributed by atoms with Crippen molar-refractivity contribution < 1.29 is 4.74 Å². The number of rotatable bonds is 6. The van der Waals surface area contributed by atoms with Crippen molar-refractivity contribution >= 4 is 5.95 Å². The molecular weight excluding hydrogens is 248 g/mol. The predicted octanol–water partition coefficient (Wildman–Crippen LogP) is 0.0829. The van der Waals surface area contributed by atoms with Crippen molar-refractivity contribution in [2.75, 3.05) is 12.0 Å². The second-order valence-corrected chi connectivity index (χ2v) is 3.78. The van der Waals surface area contributed by atoms with Crippen LogP contribution in [-0.2, 0) is 0 Å². The predicted molar refractivity (Wildman–Crippen MR) is 67.5 cm³/mol. The van der Waals surface area contributed by atoms with Crippen molar-refractivity contribution in [1.82, 2.24) is 29.7 Å². The Hall–Kier alpha value is -2.55. The first-order valence-electron chi connectivity index (χ1n) is 5.54. The lowest BCUT2D eigenvalue weighted by Crippen LogP contribution is -2.15. The Morgan fingerprint density at radius 1 is 1.47 bits per heavy atom. The van der Waals surface area contributed by atoms with E-state index in [-0.39, 0.29) is 17.9 Å². The minimum absolute atomic E-state index is 0.162. The molecule has 100 valence electrons. The summed E-state index contributed by atoms with van der Waals surface area (Å²) in [6.07, 6.45) is 3.56. The van der Waals surface area contributed by atoms with Crippen molar-refractivity contribution in [3.05, 3.63) is 24.8 Å². The van der Waals surface area contributed by atoms with E-state index in [1.54, 1.807) is 0 Å². The van der Waals surface area contributed by atoms with Gasteiger partial charge < -0.3 is 4.74 Å². The number of anilines is 1. The number of nitrogens with zero attached hydrogens (tertiary/aromatic N) is 6. The molecule has 9 heteroatoms. The summed E-state index contributed by atoms with van der Waals surface area (Å²) in [5.74, 6) is 5.76. The van der Waals surface area contributed by atoms with Crippen LogP contribution in [0.15, 0.2) is 24.8 Å². The number of hydrogen-bond donors (Lipinski definition) is 2. The molecule has 0 saturated carbocycles. The zero-order chi connectivity index (χ0) is 13.7. The lowest BCUT2D eigenvalue weighted by Gasteiger charge is -2.07. The van der Waals surface area contributed by atoms with Gasteiger partial charge in [0.05, 0.1) is 6.61 Å². The average molecular weight is 262 g/mol. The fourth-order valence-corrected chi connectivity index (χ4v) is 1.21. The maximum absolute atomic E-state index is 5.42. The Labute approximate surface area is 109 Å². The molecule has 0 aliphatic rings. The van der Waals surface area contributed by atoms with Crippen molar-refractivity contribution in [1.29, 1.82) is 0 Å². The minimum atomic E-state index is 0.162. The van der Waals surface area contributed by atoms with Gasteiger partial charge in [-0.25, -0.2) is 10.8 Å². The van der Waals surface area contributed by atoms with Crippen LogP contribution < -0.4 is 16.0 Å². The third-order valence-corrected chi connectivity index (χ3v) is 2.12. The summed E-state index contributed by atoms with van der Waals surface area (Å²) in [5, 5.41) is 3.93. The zero-order valence-corrected chi connectivity index (χ0v) is 10.4. The molecule has 0 unspecified atom stereocenters. The maximum Gasteiger partial charge on any atom is 0.323 e. The first kappa shape index (κ1) is 12.9. The second kappa shape index (κ2) is 5.87. The largest absolute Gasteiger partial charge is 0.463 e. The quantitative estimate of drug-likeness (QED) is 0.427. The summed E-state index contributed by atoms with van der Waals surface area (Å²) in [6.45, 7) is 6.14. The molecule has 0 aliphatic heterocycles. The normalized spacial score (nSPS) is 10.2. The third kappa shape index (κ3) is 3.45. The van der Waals surface area contributed by atoms with Gasteiger partial charge in [0.15, 0.2) is 0 Å². The van der Waals surface area contributed by atoms with E-state index in [1.165, 1.54) is 17.3 Å². The number of nitrogens with two attached hydrogens (primary N) is 1. The monoisotopic (exact) mass is 262 g/mol. The highest BCUT2D eigenvalue weighted by Gasteiger charge is 2.09. The smallest absolute Gasteiger partial charge is 0.323 e. The van der Waals surface area contributed by atoms with Crippen molar-refractivity contribution in [2.45, 2.75) is 13.3 Å². The van der Waals surface area contributed by atoms with Gasteiger partial charge >= 0.3 is 6.01 Å². The average Bonchev–Trinajstić information content (AvgIpc) is 2.92. The Kier molecular flexibility index (Phi) is 3.98. The van der Waals surface area contributed by atoms with Crippen molar-refractivity contribution in [3.63, 3.8) is 0 Å². The maximum atomic E-state index is 5.42. The van der Waals surface area contributed by atoms with Gasteiger partial charge in [0.1, 0.15) is 12.7 Å². The number of ether oxygens (including phenoxy) is 1. The molecule has 0 radical (unpaired) electrons. The highest BCUT2D eigenvalue weighted by Crippen LogP contribution is 2.10. The molecule has 0 aliphatic carbocycles. The highest BCUT2D eigenvalue weighted by atomic mass is 16.5. The number of aromatic nitrogens is 6. The lowest BCUT2D eigenvalue weighted by atomic mass is 10.3. The van der Waals surface area contributed by atoms with Crippen LogP contribution in [-0.4, -0.2) is 36.3 Å². The van der Waals surface area contributed by atoms with Crippen LogP contribution in [0.1, 0.15) is 13.3 Å². The summed E-state index contributed by atoms with van der Waals surface area (Å²) < 4.78 is 6.80. The van der Waals surface area contributed by atoms with Crippen LogP contribution in [0.3, 0.4) is 0 Å². The molecule has 0 amide bonds. The van der Waals surface area contributed by atoms with Gasteiger partial charge in [-0.2, -0.15) is 24.7 Å². The Bertz CT molecular complexity index is 553. The van der Waals surface area contributed by atoms with Crippen LogP contribution in [0.2, 0.25) is 0 Å². The molecular formula is C10H14N8O. The summed E-state index contributed by atoms with van der Waals surface area (Å²) in [4.78, 5) is 16.0. The lowest BCUT2D eigenvalue weighted by molar-refractivity contribution is 0.295. The van der Waals surface area contributed by atoms with Gasteiger partial charge in [0, 0.05) is 6.42 Å². The fraction of sp³-hybridized carbons (Fsp3) is 0.300. The van der Waals surface area contributed by atoms with E-state index in [9.17, 15) is 0 Å². The first-order chi connectivity index (χ1) is 9.19. The highest BCUT2D eigenvalue weighted by molar-refractivity contribution is 5.28. The molecule has 0 spiro atoms. The Morgan fingerprint density at radius 2 is 2.32 bits per heavy atom. The fourth-order valence-electron chi connectivity index (χ4n) is 1.21. The van der Waals surface area contributed by atoms with E-state index >= 15 is 0 Å². The van der Waals surface area contributed by atoms with Gasteiger partial charge in [-0.1, -0.05) is 5.57 Å². The van der Waals surface area contributed by atoms with E-state index in [0.29, 0.717) is 6.61 Å². The summed E-state index contributed by atoms with van der Waals surface area (Å²) >= 11 is 0. The molecule has 0 saturated heterocycles. The number of hydrazine groups is 1.